The van der Waals surface area contributed by atoms with Gasteiger partial charge in [-0.05, 0) is 49.2 Å². The molecular weight excluding hydrogens is 350 g/mol. The van der Waals surface area contributed by atoms with E-state index in [4.69, 9.17) is 4.74 Å². The summed E-state index contributed by atoms with van der Waals surface area (Å²) in [5, 5.41) is 0. The highest BCUT2D eigenvalue weighted by molar-refractivity contribution is 9.10. The first kappa shape index (κ1) is 16.9. The van der Waals surface area contributed by atoms with Crippen LogP contribution in [0.2, 0.25) is 0 Å². The van der Waals surface area contributed by atoms with Gasteiger partial charge in [0.25, 0.3) is 5.91 Å². The summed E-state index contributed by atoms with van der Waals surface area (Å²) in [5.74, 6) is -0.0447. The van der Waals surface area contributed by atoms with E-state index in [0.717, 1.165) is 10.9 Å². The summed E-state index contributed by atoms with van der Waals surface area (Å²) in [6.07, 6.45) is 2.16. The number of carbonyl (C=O) groups is 2. The fraction of sp³-hybridized carbons (Fsp3) is 0.600. The van der Waals surface area contributed by atoms with Crippen LogP contribution in [0.1, 0.15) is 37.7 Å². The Morgan fingerprint density at radius 1 is 1.18 bits per heavy atom. The number of nitrogens with zero attached hydrogens (tertiary/aromatic N) is 2. The molecule has 0 unspecified atom stereocenters. The lowest BCUT2D eigenvalue weighted by atomic mass is 10.2. The van der Waals surface area contributed by atoms with Crippen LogP contribution in [0.4, 0.5) is 4.79 Å². The number of hydrogen-bond donors (Lipinski definition) is 1. The summed E-state index contributed by atoms with van der Waals surface area (Å²) in [4.78, 5) is 30.9. The third-order valence-electron chi connectivity index (χ3n) is 3.31. The van der Waals surface area contributed by atoms with Crippen LogP contribution in [0, 0.1) is 0 Å². The first-order chi connectivity index (χ1) is 10.3. The molecule has 0 bridgehead atoms. The minimum Gasteiger partial charge on any atom is -0.444 e. The molecule has 0 radical (unpaired) electrons. The molecule has 2 heterocycles. The van der Waals surface area contributed by atoms with E-state index < -0.39 is 5.60 Å². The molecule has 0 spiro atoms. The van der Waals surface area contributed by atoms with Gasteiger partial charge in [-0.2, -0.15) is 0 Å². The molecular formula is C15H22BrN3O3. The van der Waals surface area contributed by atoms with Gasteiger partial charge in [-0.1, -0.05) is 0 Å². The lowest BCUT2D eigenvalue weighted by Crippen LogP contribution is -2.40. The van der Waals surface area contributed by atoms with E-state index in [0.29, 0.717) is 31.9 Å². The van der Waals surface area contributed by atoms with Gasteiger partial charge in [0.2, 0.25) is 0 Å². The lowest BCUT2D eigenvalue weighted by Gasteiger charge is -2.26. The molecule has 1 aliphatic heterocycles. The average molecular weight is 372 g/mol. The van der Waals surface area contributed by atoms with Gasteiger partial charge in [-0.3, -0.25) is 4.79 Å². The van der Waals surface area contributed by atoms with Crippen LogP contribution in [0.3, 0.4) is 0 Å². The Hall–Kier alpha value is -1.50. The van der Waals surface area contributed by atoms with Crippen LogP contribution in [-0.4, -0.2) is 58.6 Å². The fourth-order valence-electron chi connectivity index (χ4n) is 2.29. The molecule has 1 aromatic rings. The minimum atomic E-state index is -0.505. The fourth-order valence-corrected chi connectivity index (χ4v) is 2.63. The highest BCUT2D eigenvalue weighted by atomic mass is 79.9. The topological polar surface area (TPSA) is 65.6 Å². The van der Waals surface area contributed by atoms with E-state index >= 15 is 0 Å². The number of halogens is 1. The largest absolute Gasteiger partial charge is 0.444 e. The van der Waals surface area contributed by atoms with Gasteiger partial charge in [0.05, 0.1) is 0 Å². The number of H-pyrrole nitrogens is 1. The molecule has 122 valence electrons. The van der Waals surface area contributed by atoms with Crippen LogP contribution < -0.4 is 0 Å². The Balaban J connectivity index is 1.95. The zero-order valence-electron chi connectivity index (χ0n) is 13.2. The van der Waals surface area contributed by atoms with Crippen molar-refractivity contribution in [2.24, 2.45) is 0 Å². The van der Waals surface area contributed by atoms with Crippen molar-refractivity contribution in [3.05, 3.63) is 22.4 Å². The van der Waals surface area contributed by atoms with Crippen molar-refractivity contribution >= 4 is 27.9 Å². The van der Waals surface area contributed by atoms with Gasteiger partial charge < -0.3 is 19.5 Å². The highest BCUT2D eigenvalue weighted by Gasteiger charge is 2.26. The van der Waals surface area contributed by atoms with Crippen molar-refractivity contribution in [1.29, 1.82) is 0 Å². The SMILES string of the molecule is CC(C)(C)OC(=O)N1CCCN(C(=O)c2cc(Br)c[nH]2)CC1. The highest BCUT2D eigenvalue weighted by Crippen LogP contribution is 2.15. The quantitative estimate of drug-likeness (QED) is 0.825. The van der Waals surface area contributed by atoms with E-state index in [2.05, 4.69) is 20.9 Å². The molecule has 1 aliphatic rings. The van der Waals surface area contributed by atoms with Crippen LogP contribution in [0.15, 0.2) is 16.7 Å². The van der Waals surface area contributed by atoms with Crippen molar-refractivity contribution in [2.75, 3.05) is 26.2 Å². The zero-order chi connectivity index (χ0) is 16.3. The van der Waals surface area contributed by atoms with E-state index in [9.17, 15) is 9.59 Å². The minimum absolute atomic E-state index is 0.0447. The first-order valence-electron chi connectivity index (χ1n) is 7.37. The van der Waals surface area contributed by atoms with Gasteiger partial charge in [0, 0.05) is 36.8 Å². The van der Waals surface area contributed by atoms with Crippen LogP contribution in [0.25, 0.3) is 0 Å². The second-order valence-electron chi connectivity index (χ2n) is 6.34. The van der Waals surface area contributed by atoms with Crippen molar-refractivity contribution in [2.45, 2.75) is 32.8 Å². The normalized spacial score (nSPS) is 16.4. The predicted octanol–water partition coefficient (Wildman–Crippen LogP) is 2.86. The number of aromatic nitrogens is 1. The Morgan fingerprint density at radius 3 is 2.41 bits per heavy atom. The average Bonchev–Trinajstić information content (AvgIpc) is 2.70. The molecule has 1 fully saturated rings. The molecule has 7 heteroatoms. The Labute approximate surface area is 138 Å². The van der Waals surface area contributed by atoms with E-state index in [1.54, 1.807) is 22.1 Å². The molecule has 22 heavy (non-hydrogen) atoms. The van der Waals surface area contributed by atoms with Crippen molar-refractivity contribution in [1.82, 2.24) is 14.8 Å². The number of nitrogens with one attached hydrogen (secondary N) is 1. The van der Waals surface area contributed by atoms with Gasteiger partial charge in [-0.15, -0.1) is 0 Å². The Kier molecular flexibility index (Phi) is 5.16. The maximum Gasteiger partial charge on any atom is 0.410 e. The molecule has 1 aromatic heterocycles. The summed E-state index contributed by atoms with van der Waals surface area (Å²) >= 11 is 3.32. The number of aromatic amines is 1. The van der Waals surface area contributed by atoms with Gasteiger partial charge in [0.15, 0.2) is 0 Å². The Bertz CT molecular complexity index is 550. The second kappa shape index (κ2) is 6.73. The molecule has 1 saturated heterocycles. The smallest absolute Gasteiger partial charge is 0.410 e. The summed E-state index contributed by atoms with van der Waals surface area (Å²) in [7, 11) is 0. The van der Waals surface area contributed by atoms with Crippen molar-refractivity contribution in [3.63, 3.8) is 0 Å². The van der Waals surface area contributed by atoms with Gasteiger partial charge in [-0.25, -0.2) is 4.79 Å². The third-order valence-corrected chi connectivity index (χ3v) is 3.77. The third kappa shape index (κ3) is 4.50. The monoisotopic (exact) mass is 371 g/mol. The molecule has 0 aliphatic carbocycles. The lowest BCUT2D eigenvalue weighted by molar-refractivity contribution is 0.0255. The van der Waals surface area contributed by atoms with Crippen LogP contribution in [0.5, 0.6) is 0 Å². The maximum atomic E-state index is 12.4. The molecule has 0 saturated carbocycles. The summed E-state index contributed by atoms with van der Waals surface area (Å²) in [6.45, 7) is 7.78. The zero-order valence-corrected chi connectivity index (χ0v) is 14.8. The second-order valence-corrected chi connectivity index (χ2v) is 7.26. The van der Waals surface area contributed by atoms with E-state index in [-0.39, 0.29) is 12.0 Å². The van der Waals surface area contributed by atoms with Crippen molar-refractivity contribution in [3.8, 4) is 0 Å². The molecule has 2 amide bonds. The summed E-state index contributed by atoms with van der Waals surface area (Å²) in [6, 6.07) is 1.76. The standard InChI is InChI=1S/C15H22BrN3O3/c1-15(2,3)22-14(21)19-6-4-5-18(7-8-19)13(20)12-9-11(16)10-17-12/h9-10,17H,4-8H2,1-3H3. The number of amides is 2. The number of hydrogen-bond acceptors (Lipinski definition) is 3. The Morgan fingerprint density at radius 2 is 1.82 bits per heavy atom. The summed E-state index contributed by atoms with van der Waals surface area (Å²) < 4.78 is 6.24. The van der Waals surface area contributed by atoms with E-state index in [1.165, 1.54) is 0 Å². The maximum absolute atomic E-state index is 12.4. The van der Waals surface area contributed by atoms with E-state index in [1.807, 2.05) is 20.8 Å². The molecule has 0 aromatic carbocycles. The predicted molar refractivity (Wildman–Crippen MR) is 86.8 cm³/mol. The number of ether oxygens (including phenoxy) is 1. The number of rotatable bonds is 1. The summed E-state index contributed by atoms with van der Waals surface area (Å²) in [5.41, 5.74) is 0.0488. The van der Waals surface area contributed by atoms with Crippen molar-refractivity contribution < 1.29 is 14.3 Å². The number of carbonyl (C=O) groups excluding carboxylic acids is 2. The molecule has 2 rings (SSSR count). The molecule has 0 atom stereocenters. The van der Waals surface area contributed by atoms with Crippen LogP contribution in [-0.2, 0) is 4.74 Å². The molecule has 6 nitrogen and oxygen atoms in total. The van der Waals surface area contributed by atoms with Gasteiger partial charge in [0.1, 0.15) is 11.3 Å². The first-order valence-corrected chi connectivity index (χ1v) is 8.17. The van der Waals surface area contributed by atoms with Crippen LogP contribution >= 0.6 is 15.9 Å². The van der Waals surface area contributed by atoms with Gasteiger partial charge >= 0.3 is 6.09 Å². The molecule has 1 N–H and O–H groups in total.